The van der Waals surface area contributed by atoms with Crippen molar-refractivity contribution in [2.75, 3.05) is 25.1 Å². The lowest BCUT2D eigenvalue weighted by Crippen LogP contribution is -2.42. The topological polar surface area (TPSA) is 66.9 Å². The summed E-state index contributed by atoms with van der Waals surface area (Å²) in [5.74, 6) is -1.11. The quantitative estimate of drug-likeness (QED) is 0.493. The van der Waals surface area contributed by atoms with Gasteiger partial charge in [-0.2, -0.15) is 0 Å². The lowest BCUT2D eigenvalue weighted by Gasteiger charge is -2.22. The Morgan fingerprint density at radius 2 is 2.00 bits per heavy atom. The molecule has 1 atom stereocenters. The van der Waals surface area contributed by atoms with Gasteiger partial charge in [0.25, 0.3) is 11.1 Å². The molecule has 2 rings (SSSR count). The van der Waals surface area contributed by atoms with E-state index in [4.69, 9.17) is 0 Å². The van der Waals surface area contributed by atoms with E-state index in [2.05, 4.69) is 39.4 Å². The lowest BCUT2D eigenvalue weighted by atomic mass is 10.1. The number of hydrogen-bond acceptors (Lipinski definition) is 6. The van der Waals surface area contributed by atoms with Crippen LogP contribution in [0.2, 0.25) is 0 Å². The number of methoxy groups -OCH3 is 1. The minimum atomic E-state index is -0.949. The first-order valence-electron chi connectivity index (χ1n) is 8.23. The fourth-order valence-corrected chi connectivity index (χ4v) is 4.23. The number of thioether (sulfide) groups is 1. The van der Waals surface area contributed by atoms with E-state index in [1.807, 2.05) is 18.2 Å². The molecule has 1 heterocycles. The Hall–Kier alpha value is -1.80. The molecule has 8 heteroatoms. The molecule has 0 unspecified atom stereocenters. The smallest absolute Gasteiger partial charge is 0.328 e. The molecular formula is C18H21BrN2O4S. The van der Waals surface area contributed by atoms with Gasteiger partial charge in [-0.05, 0) is 72.2 Å². The van der Waals surface area contributed by atoms with Crippen LogP contribution >= 0.6 is 27.7 Å². The van der Waals surface area contributed by atoms with Gasteiger partial charge in [0.15, 0.2) is 0 Å². The zero-order chi connectivity index (χ0) is 19.4. The van der Waals surface area contributed by atoms with Crippen molar-refractivity contribution in [3.05, 3.63) is 33.1 Å². The molecule has 1 saturated heterocycles. The molecule has 0 aromatic heterocycles. The van der Waals surface area contributed by atoms with Crippen LogP contribution in [0, 0.1) is 0 Å². The van der Waals surface area contributed by atoms with Crippen molar-refractivity contribution in [1.29, 1.82) is 0 Å². The minimum Gasteiger partial charge on any atom is -0.467 e. The molecule has 140 valence electrons. The lowest BCUT2D eigenvalue weighted by molar-refractivity contribution is -0.148. The second-order valence-corrected chi connectivity index (χ2v) is 7.48. The average molecular weight is 441 g/mol. The zero-order valence-electron chi connectivity index (χ0n) is 15.1. The van der Waals surface area contributed by atoms with Crippen LogP contribution in [-0.2, 0) is 14.3 Å². The fourth-order valence-electron chi connectivity index (χ4n) is 2.67. The summed E-state index contributed by atoms with van der Waals surface area (Å²) in [5, 5.41) is -0.474. The van der Waals surface area contributed by atoms with Crippen LogP contribution < -0.4 is 4.90 Å². The van der Waals surface area contributed by atoms with Gasteiger partial charge in [-0.1, -0.05) is 6.07 Å². The highest BCUT2D eigenvalue weighted by Gasteiger charge is 2.41. The van der Waals surface area contributed by atoms with Gasteiger partial charge < -0.3 is 9.64 Å². The third kappa shape index (κ3) is 4.12. The van der Waals surface area contributed by atoms with Crippen molar-refractivity contribution in [3.8, 4) is 0 Å². The van der Waals surface area contributed by atoms with Crippen LogP contribution in [0.4, 0.5) is 10.5 Å². The summed E-state index contributed by atoms with van der Waals surface area (Å²) in [6.07, 6.45) is 1.66. The predicted octanol–water partition coefficient (Wildman–Crippen LogP) is 3.89. The van der Waals surface area contributed by atoms with Crippen molar-refractivity contribution >= 4 is 56.6 Å². The van der Waals surface area contributed by atoms with Gasteiger partial charge in [0.05, 0.1) is 17.7 Å². The maximum Gasteiger partial charge on any atom is 0.328 e. The van der Waals surface area contributed by atoms with Crippen LogP contribution in [0.1, 0.15) is 26.3 Å². The van der Waals surface area contributed by atoms with Gasteiger partial charge >= 0.3 is 5.97 Å². The summed E-state index contributed by atoms with van der Waals surface area (Å²) in [4.78, 5) is 39.7. The molecule has 0 spiro atoms. The highest BCUT2D eigenvalue weighted by molar-refractivity contribution is 9.10. The second kappa shape index (κ2) is 8.73. The Morgan fingerprint density at radius 1 is 1.35 bits per heavy atom. The maximum absolute atomic E-state index is 12.5. The predicted molar refractivity (Wildman–Crippen MR) is 107 cm³/mol. The molecule has 1 aromatic rings. The third-order valence-corrected chi connectivity index (χ3v) is 5.65. The number of amides is 2. The van der Waals surface area contributed by atoms with E-state index >= 15 is 0 Å². The monoisotopic (exact) mass is 440 g/mol. The summed E-state index contributed by atoms with van der Waals surface area (Å²) in [7, 11) is 1.22. The van der Waals surface area contributed by atoms with Crippen molar-refractivity contribution in [3.63, 3.8) is 0 Å². The van der Waals surface area contributed by atoms with Crippen molar-refractivity contribution in [2.45, 2.75) is 26.8 Å². The van der Waals surface area contributed by atoms with Gasteiger partial charge in [0.2, 0.25) is 0 Å². The summed E-state index contributed by atoms with van der Waals surface area (Å²) in [6.45, 7) is 7.42. The molecule has 1 aromatic carbocycles. The van der Waals surface area contributed by atoms with Gasteiger partial charge in [0, 0.05) is 17.6 Å². The standard InChI is InChI=1S/C18H21BrN2O4S/c1-5-20(6-2)14-8-7-12(9-13(14)19)10-15-16(22)21(18(24)26-15)11(3)17(23)25-4/h7-11H,5-6H2,1-4H3/b15-10+/t11-/m0/s1. The van der Waals surface area contributed by atoms with E-state index in [1.54, 1.807) is 6.08 Å². The maximum atomic E-state index is 12.5. The molecule has 0 aliphatic carbocycles. The van der Waals surface area contributed by atoms with Gasteiger partial charge in [-0.25, -0.2) is 4.79 Å². The van der Waals surface area contributed by atoms with Crippen LogP contribution in [0.25, 0.3) is 6.08 Å². The molecule has 6 nitrogen and oxygen atoms in total. The Morgan fingerprint density at radius 3 is 2.54 bits per heavy atom. The number of nitrogens with zero attached hydrogens (tertiary/aromatic N) is 2. The minimum absolute atomic E-state index is 0.285. The molecular weight excluding hydrogens is 420 g/mol. The van der Waals surface area contributed by atoms with Gasteiger partial charge in [-0.3, -0.25) is 14.5 Å². The fraction of sp³-hybridized carbons (Fsp3) is 0.389. The first-order valence-corrected chi connectivity index (χ1v) is 9.84. The highest BCUT2D eigenvalue weighted by atomic mass is 79.9. The molecule has 1 aliphatic heterocycles. The Bertz CT molecular complexity index is 762. The highest BCUT2D eigenvalue weighted by Crippen LogP contribution is 2.35. The number of esters is 1. The molecule has 1 fully saturated rings. The second-order valence-electron chi connectivity index (χ2n) is 5.63. The van der Waals surface area contributed by atoms with Crippen molar-refractivity contribution < 1.29 is 19.1 Å². The van der Waals surface area contributed by atoms with E-state index in [1.165, 1.54) is 14.0 Å². The third-order valence-electron chi connectivity index (χ3n) is 4.13. The first-order chi connectivity index (χ1) is 12.3. The number of carbonyl (C=O) groups is 3. The number of rotatable bonds is 6. The molecule has 0 saturated carbocycles. The molecule has 0 N–H and O–H groups in total. The summed E-state index contributed by atoms with van der Waals surface area (Å²) >= 11 is 4.39. The Kier molecular flexibility index (Phi) is 6.88. The van der Waals surface area contributed by atoms with E-state index < -0.39 is 23.2 Å². The number of halogens is 1. The molecule has 1 aliphatic rings. The number of carbonyl (C=O) groups excluding carboxylic acids is 3. The summed E-state index contributed by atoms with van der Waals surface area (Å²) in [5.41, 5.74) is 1.86. The molecule has 2 amide bonds. The van der Waals surface area contributed by atoms with Crippen LogP contribution in [0.5, 0.6) is 0 Å². The Labute approximate surface area is 165 Å². The molecule has 0 bridgehead atoms. The SMILES string of the molecule is CCN(CC)c1ccc(/C=C2/SC(=O)N([C@@H](C)C(=O)OC)C2=O)cc1Br. The van der Waals surface area contributed by atoms with Crippen LogP contribution in [-0.4, -0.2) is 48.3 Å². The normalized spacial score (nSPS) is 17.0. The first kappa shape index (κ1) is 20.5. The van der Waals surface area contributed by atoms with E-state index in [0.29, 0.717) is 0 Å². The Balaban J connectivity index is 2.28. The number of imide groups is 1. The van der Waals surface area contributed by atoms with Crippen molar-refractivity contribution in [1.82, 2.24) is 4.90 Å². The van der Waals surface area contributed by atoms with E-state index in [9.17, 15) is 14.4 Å². The largest absolute Gasteiger partial charge is 0.467 e. The van der Waals surface area contributed by atoms with Gasteiger partial charge in [-0.15, -0.1) is 0 Å². The molecule has 26 heavy (non-hydrogen) atoms. The zero-order valence-corrected chi connectivity index (χ0v) is 17.5. The number of benzene rings is 1. The van der Waals surface area contributed by atoms with Crippen LogP contribution in [0.15, 0.2) is 27.6 Å². The van der Waals surface area contributed by atoms with E-state index in [0.717, 1.165) is 45.5 Å². The van der Waals surface area contributed by atoms with Gasteiger partial charge in [0.1, 0.15) is 6.04 Å². The number of ether oxygens (including phenoxy) is 1. The van der Waals surface area contributed by atoms with E-state index in [-0.39, 0.29) is 4.91 Å². The summed E-state index contributed by atoms with van der Waals surface area (Å²) < 4.78 is 5.54. The molecule has 0 radical (unpaired) electrons. The van der Waals surface area contributed by atoms with Crippen LogP contribution in [0.3, 0.4) is 0 Å². The average Bonchev–Trinajstić information content (AvgIpc) is 2.89. The number of hydrogen-bond donors (Lipinski definition) is 0. The van der Waals surface area contributed by atoms with Crippen molar-refractivity contribution in [2.24, 2.45) is 0 Å². The summed E-state index contributed by atoms with van der Waals surface area (Å²) in [6, 6.07) is 4.83. The number of anilines is 1.